The quantitative estimate of drug-likeness (QED) is 0.629. The average Bonchev–Trinajstić information content (AvgIpc) is 3.23. The van der Waals surface area contributed by atoms with Crippen molar-refractivity contribution in [2.75, 3.05) is 6.61 Å². The van der Waals surface area contributed by atoms with Crippen molar-refractivity contribution in [3.05, 3.63) is 58.6 Å². The predicted molar refractivity (Wildman–Crippen MR) is 91.0 cm³/mol. The van der Waals surface area contributed by atoms with E-state index in [4.69, 9.17) is 14.0 Å². The maximum atomic E-state index is 11.8. The molecule has 0 saturated heterocycles. The van der Waals surface area contributed by atoms with Crippen LogP contribution in [0.5, 0.6) is 5.75 Å². The van der Waals surface area contributed by atoms with Gasteiger partial charge in [-0.3, -0.25) is 0 Å². The molecular formula is C18H17NO4S. The highest BCUT2D eigenvalue weighted by atomic mass is 32.1. The second-order valence-corrected chi connectivity index (χ2v) is 6.33. The highest BCUT2D eigenvalue weighted by Gasteiger charge is 2.11. The van der Waals surface area contributed by atoms with Crippen molar-refractivity contribution >= 4 is 17.3 Å². The molecule has 0 unspecified atom stereocenters. The first kappa shape index (κ1) is 16.3. The van der Waals surface area contributed by atoms with Crippen molar-refractivity contribution in [3.8, 4) is 16.4 Å². The summed E-state index contributed by atoms with van der Waals surface area (Å²) in [5.41, 5.74) is 2.70. The van der Waals surface area contributed by atoms with Crippen molar-refractivity contribution < 1.29 is 18.8 Å². The number of thiophene rings is 1. The summed E-state index contributed by atoms with van der Waals surface area (Å²) in [6.07, 6.45) is 0. The molecule has 0 aliphatic carbocycles. The number of aryl methyl sites for hydroxylation is 2. The predicted octanol–water partition coefficient (Wildman–Crippen LogP) is 4.14. The van der Waals surface area contributed by atoms with E-state index in [2.05, 4.69) is 5.16 Å². The van der Waals surface area contributed by atoms with Gasteiger partial charge < -0.3 is 14.0 Å². The van der Waals surface area contributed by atoms with Crippen LogP contribution in [0, 0.1) is 13.8 Å². The Morgan fingerprint density at radius 1 is 1.25 bits per heavy atom. The number of esters is 1. The molecule has 6 heteroatoms. The molecule has 0 aliphatic heterocycles. The summed E-state index contributed by atoms with van der Waals surface area (Å²) in [4.78, 5) is 12.8. The van der Waals surface area contributed by atoms with Gasteiger partial charge in [0, 0.05) is 6.07 Å². The Morgan fingerprint density at radius 2 is 2.12 bits per heavy atom. The zero-order chi connectivity index (χ0) is 16.9. The number of aromatic nitrogens is 1. The molecule has 124 valence electrons. The molecular weight excluding hydrogens is 326 g/mol. The lowest BCUT2D eigenvalue weighted by Gasteiger charge is -2.09. The van der Waals surface area contributed by atoms with Gasteiger partial charge in [-0.05, 0) is 36.9 Å². The molecule has 0 N–H and O–H groups in total. The minimum Gasteiger partial charge on any atom is -0.482 e. The van der Waals surface area contributed by atoms with E-state index in [1.807, 2.05) is 49.6 Å². The number of nitrogens with zero attached hydrogens (tertiary/aromatic N) is 1. The van der Waals surface area contributed by atoms with Crippen LogP contribution in [0.25, 0.3) is 10.6 Å². The van der Waals surface area contributed by atoms with Gasteiger partial charge in [-0.2, -0.15) is 0 Å². The highest BCUT2D eigenvalue weighted by molar-refractivity contribution is 7.13. The third kappa shape index (κ3) is 4.02. The van der Waals surface area contributed by atoms with E-state index in [0.717, 1.165) is 16.0 Å². The van der Waals surface area contributed by atoms with E-state index in [-0.39, 0.29) is 13.2 Å². The van der Waals surface area contributed by atoms with Crippen LogP contribution in [0.2, 0.25) is 0 Å². The van der Waals surface area contributed by atoms with Crippen LogP contribution in [0.3, 0.4) is 0 Å². The van der Waals surface area contributed by atoms with E-state index >= 15 is 0 Å². The average molecular weight is 343 g/mol. The smallest absolute Gasteiger partial charge is 0.344 e. The lowest BCUT2D eigenvalue weighted by atomic mass is 10.1. The normalized spacial score (nSPS) is 10.6. The molecule has 1 aromatic carbocycles. The van der Waals surface area contributed by atoms with Crippen molar-refractivity contribution in [1.29, 1.82) is 0 Å². The van der Waals surface area contributed by atoms with Gasteiger partial charge in [-0.15, -0.1) is 11.3 Å². The lowest BCUT2D eigenvalue weighted by Crippen LogP contribution is -2.15. The number of rotatable bonds is 6. The van der Waals surface area contributed by atoms with Crippen molar-refractivity contribution in [2.45, 2.75) is 20.5 Å². The minimum atomic E-state index is -0.448. The van der Waals surface area contributed by atoms with Gasteiger partial charge in [0.1, 0.15) is 18.1 Å². The first-order chi connectivity index (χ1) is 11.6. The number of ether oxygens (including phenoxy) is 2. The Balaban J connectivity index is 1.49. The van der Waals surface area contributed by atoms with E-state index in [9.17, 15) is 4.79 Å². The monoisotopic (exact) mass is 343 g/mol. The summed E-state index contributed by atoms with van der Waals surface area (Å²) in [5, 5.41) is 5.86. The van der Waals surface area contributed by atoms with Crippen LogP contribution in [0.4, 0.5) is 0 Å². The Morgan fingerprint density at radius 3 is 2.88 bits per heavy atom. The van der Waals surface area contributed by atoms with Crippen LogP contribution in [-0.2, 0) is 16.1 Å². The second kappa shape index (κ2) is 7.31. The fourth-order valence-electron chi connectivity index (χ4n) is 2.21. The standard InChI is InChI=1S/C18H17NO4S/c1-12-5-6-15(13(2)8-12)21-11-18(20)22-10-14-9-16(23-19-14)17-4-3-7-24-17/h3-9H,10-11H2,1-2H3. The van der Waals surface area contributed by atoms with Gasteiger partial charge in [-0.25, -0.2) is 4.79 Å². The van der Waals surface area contributed by atoms with E-state index in [1.54, 1.807) is 17.4 Å². The van der Waals surface area contributed by atoms with E-state index in [0.29, 0.717) is 17.2 Å². The molecule has 2 heterocycles. The number of carbonyl (C=O) groups excluding carboxylic acids is 1. The zero-order valence-electron chi connectivity index (χ0n) is 13.4. The molecule has 2 aromatic heterocycles. The summed E-state index contributed by atoms with van der Waals surface area (Å²) < 4.78 is 15.9. The number of carbonyl (C=O) groups is 1. The Bertz CT molecular complexity index is 823. The summed E-state index contributed by atoms with van der Waals surface area (Å²) in [5.74, 6) is 0.900. The van der Waals surface area contributed by atoms with Gasteiger partial charge in [0.2, 0.25) is 0 Å². The van der Waals surface area contributed by atoms with Crippen LogP contribution in [0.15, 0.2) is 46.3 Å². The molecule has 0 atom stereocenters. The summed E-state index contributed by atoms with van der Waals surface area (Å²) >= 11 is 1.56. The molecule has 3 rings (SSSR count). The molecule has 5 nitrogen and oxygen atoms in total. The van der Waals surface area contributed by atoms with Crippen LogP contribution in [0.1, 0.15) is 16.8 Å². The fraction of sp³-hybridized carbons (Fsp3) is 0.222. The van der Waals surface area contributed by atoms with Gasteiger partial charge in [0.05, 0.1) is 4.88 Å². The first-order valence-electron chi connectivity index (χ1n) is 7.47. The molecule has 24 heavy (non-hydrogen) atoms. The van der Waals surface area contributed by atoms with Gasteiger partial charge in [0.25, 0.3) is 0 Å². The molecule has 3 aromatic rings. The summed E-state index contributed by atoms with van der Waals surface area (Å²) in [7, 11) is 0. The Hall–Kier alpha value is -2.60. The van der Waals surface area contributed by atoms with Gasteiger partial charge in [0.15, 0.2) is 12.4 Å². The minimum absolute atomic E-state index is 0.0595. The highest BCUT2D eigenvalue weighted by Crippen LogP contribution is 2.25. The zero-order valence-corrected chi connectivity index (χ0v) is 14.3. The fourth-order valence-corrected chi connectivity index (χ4v) is 2.88. The van der Waals surface area contributed by atoms with Gasteiger partial charge in [-0.1, -0.05) is 28.9 Å². The summed E-state index contributed by atoms with van der Waals surface area (Å²) in [6, 6.07) is 11.4. The summed E-state index contributed by atoms with van der Waals surface area (Å²) in [6.45, 7) is 3.87. The van der Waals surface area contributed by atoms with Crippen LogP contribution >= 0.6 is 11.3 Å². The van der Waals surface area contributed by atoms with E-state index in [1.165, 1.54) is 0 Å². The maximum absolute atomic E-state index is 11.8. The number of hydrogen-bond donors (Lipinski definition) is 0. The molecule has 0 aliphatic rings. The largest absolute Gasteiger partial charge is 0.482 e. The molecule has 0 amide bonds. The van der Waals surface area contributed by atoms with E-state index < -0.39 is 5.97 Å². The SMILES string of the molecule is Cc1ccc(OCC(=O)OCc2cc(-c3cccs3)on2)c(C)c1. The first-order valence-corrected chi connectivity index (χ1v) is 8.35. The molecule has 0 radical (unpaired) electrons. The molecule has 0 fully saturated rings. The topological polar surface area (TPSA) is 61.6 Å². The molecule has 0 spiro atoms. The van der Waals surface area contributed by atoms with Crippen molar-refractivity contribution in [3.63, 3.8) is 0 Å². The lowest BCUT2D eigenvalue weighted by molar-refractivity contribution is -0.147. The molecule has 0 bridgehead atoms. The Kier molecular flexibility index (Phi) is 4.96. The second-order valence-electron chi connectivity index (χ2n) is 5.38. The number of hydrogen-bond acceptors (Lipinski definition) is 6. The third-order valence-electron chi connectivity index (χ3n) is 3.38. The van der Waals surface area contributed by atoms with Crippen LogP contribution in [-0.4, -0.2) is 17.7 Å². The van der Waals surface area contributed by atoms with Crippen LogP contribution < -0.4 is 4.74 Å². The Labute approximate surface area is 143 Å². The third-order valence-corrected chi connectivity index (χ3v) is 4.26. The maximum Gasteiger partial charge on any atom is 0.344 e. The number of benzene rings is 1. The van der Waals surface area contributed by atoms with Crippen molar-refractivity contribution in [1.82, 2.24) is 5.16 Å². The van der Waals surface area contributed by atoms with Crippen molar-refractivity contribution in [2.24, 2.45) is 0 Å². The molecule has 0 saturated carbocycles. The van der Waals surface area contributed by atoms with Gasteiger partial charge >= 0.3 is 5.97 Å².